The van der Waals surface area contributed by atoms with Crippen LogP contribution in [0.5, 0.6) is 0 Å². The molecule has 0 aliphatic carbocycles. The van der Waals surface area contributed by atoms with Gasteiger partial charge < -0.3 is 15.1 Å². The summed E-state index contributed by atoms with van der Waals surface area (Å²) in [6.07, 6.45) is 1.80. The Morgan fingerprint density at radius 2 is 2.08 bits per heavy atom. The second-order valence-electron chi connectivity index (χ2n) is 6.30. The summed E-state index contributed by atoms with van der Waals surface area (Å²) >= 11 is 0. The maximum absolute atomic E-state index is 12.8. The Morgan fingerprint density at radius 1 is 1.32 bits per heavy atom. The summed E-state index contributed by atoms with van der Waals surface area (Å²) in [5, 5.41) is 6.19. The van der Waals surface area contributed by atoms with Gasteiger partial charge in [0.1, 0.15) is 17.9 Å². The lowest BCUT2D eigenvalue weighted by atomic mass is 9.99. The Hall–Kier alpha value is -2.83. The minimum Gasteiger partial charge on any atom is -0.458 e. The summed E-state index contributed by atoms with van der Waals surface area (Å²) in [5.74, 6) is -0.506. The lowest BCUT2D eigenvalue weighted by Gasteiger charge is -2.18. The molecular weight excluding hydrogens is 322 g/mol. The van der Waals surface area contributed by atoms with E-state index in [-0.39, 0.29) is 12.5 Å². The topological polar surface area (TPSA) is 91.7 Å². The van der Waals surface area contributed by atoms with Gasteiger partial charge in [-0.1, -0.05) is 31.5 Å². The largest absolute Gasteiger partial charge is 0.458 e. The summed E-state index contributed by atoms with van der Waals surface area (Å²) in [5.41, 5.74) is -0.684. The molecule has 0 saturated carbocycles. The molecule has 0 bridgehead atoms. The Balaban J connectivity index is 1.78. The van der Waals surface area contributed by atoms with Crippen LogP contribution in [0.3, 0.4) is 0 Å². The number of amides is 4. The fourth-order valence-corrected chi connectivity index (χ4v) is 2.84. The van der Waals surface area contributed by atoms with Crippen molar-refractivity contribution in [1.29, 1.82) is 0 Å². The number of imide groups is 1. The lowest BCUT2D eigenvalue weighted by molar-refractivity contribution is -0.135. The van der Waals surface area contributed by atoms with Crippen LogP contribution in [0.15, 0.2) is 34.7 Å². The first-order valence-corrected chi connectivity index (χ1v) is 8.35. The average Bonchev–Trinajstić information content (AvgIpc) is 3.11. The van der Waals surface area contributed by atoms with Gasteiger partial charge in [-0.3, -0.25) is 14.5 Å². The maximum Gasteiger partial charge on any atom is 0.325 e. The molecule has 1 aromatic heterocycles. The highest BCUT2D eigenvalue weighted by Crippen LogP contribution is 2.32. The maximum atomic E-state index is 12.8. The Bertz CT molecular complexity index is 796. The van der Waals surface area contributed by atoms with Gasteiger partial charge in [-0.2, -0.15) is 0 Å². The van der Waals surface area contributed by atoms with Gasteiger partial charge in [0.25, 0.3) is 5.91 Å². The molecule has 7 heteroatoms. The number of rotatable bonds is 6. The van der Waals surface area contributed by atoms with Crippen molar-refractivity contribution < 1.29 is 18.8 Å². The van der Waals surface area contributed by atoms with Crippen molar-refractivity contribution in [3.63, 3.8) is 0 Å². The van der Waals surface area contributed by atoms with Gasteiger partial charge in [-0.15, -0.1) is 0 Å². The van der Waals surface area contributed by atoms with Gasteiger partial charge in [0.2, 0.25) is 5.91 Å². The number of carbonyl (C=O) groups excluding carboxylic acids is 3. The highest BCUT2D eigenvalue weighted by atomic mass is 16.3. The summed E-state index contributed by atoms with van der Waals surface area (Å²) in [6.45, 7) is 3.83. The summed E-state index contributed by atoms with van der Waals surface area (Å²) in [7, 11) is 0. The number of unbranched alkanes of at least 4 members (excludes halogenated alkanes) is 1. The molecule has 3 rings (SSSR count). The van der Waals surface area contributed by atoms with E-state index in [0.717, 1.165) is 23.1 Å². The van der Waals surface area contributed by atoms with E-state index in [4.69, 9.17) is 4.42 Å². The predicted octanol–water partition coefficient (Wildman–Crippen LogP) is 2.12. The van der Waals surface area contributed by atoms with E-state index >= 15 is 0 Å². The fraction of sp³-hybridized carbons (Fsp3) is 0.389. The third kappa shape index (κ3) is 3.09. The van der Waals surface area contributed by atoms with Crippen LogP contribution < -0.4 is 10.6 Å². The summed E-state index contributed by atoms with van der Waals surface area (Å²) in [4.78, 5) is 37.9. The number of benzene rings is 1. The van der Waals surface area contributed by atoms with E-state index < -0.39 is 17.5 Å². The van der Waals surface area contributed by atoms with Gasteiger partial charge in [-0.05, 0) is 25.5 Å². The number of furan rings is 1. The number of urea groups is 1. The van der Waals surface area contributed by atoms with E-state index in [1.54, 1.807) is 19.1 Å². The SMILES string of the molecule is CCCCNC(=O)CN1C(=O)NC(C)(c2cc3ccccc3o2)C1=O. The Kier molecular flexibility index (Phi) is 4.48. The van der Waals surface area contributed by atoms with Crippen molar-refractivity contribution in [1.82, 2.24) is 15.5 Å². The normalized spacial score (nSPS) is 20.2. The highest BCUT2D eigenvalue weighted by Gasteiger charge is 2.51. The standard InChI is InChI=1S/C18H21N3O4/c1-3-4-9-19-15(22)11-21-16(23)18(2,20-17(21)24)14-10-12-7-5-6-8-13(12)25-14/h5-8,10H,3-4,9,11H2,1-2H3,(H,19,22)(H,20,24). The van der Waals surface area contributed by atoms with Crippen molar-refractivity contribution in [2.24, 2.45) is 0 Å². The van der Waals surface area contributed by atoms with Crippen LogP contribution in [0.1, 0.15) is 32.4 Å². The molecule has 2 heterocycles. The first-order chi connectivity index (χ1) is 12.0. The molecule has 1 aliphatic heterocycles. The smallest absolute Gasteiger partial charge is 0.325 e. The molecular formula is C18H21N3O4. The molecule has 1 aromatic carbocycles. The number of hydrogen-bond acceptors (Lipinski definition) is 4. The van der Waals surface area contributed by atoms with Crippen LogP contribution in [0.25, 0.3) is 11.0 Å². The van der Waals surface area contributed by atoms with Crippen LogP contribution in [-0.2, 0) is 15.1 Å². The number of carbonyl (C=O) groups is 3. The quantitative estimate of drug-likeness (QED) is 0.621. The van der Waals surface area contributed by atoms with Gasteiger partial charge >= 0.3 is 6.03 Å². The van der Waals surface area contributed by atoms with Gasteiger partial charge in [0.05, 0.1) is 0 Å². The van der Waals surface area contributed by atoms with E-state index in [2.05, 4.69) is 10.6 Å². The number of hydrogen-bond donors (Lipinski definition) is 2. The molecule has 132 valence electrons. The van der Waals surface area contributed by atoms with Crippen LogP contribution >= 0.6 is 0 Å². The molecule has 4 amide bonds. The van der Waals surface area contributed by atoms with Crippen molar-refractivity contribution in [3.8, 4) is 0 Å². The minimum atomic E-state index is -1.32. The number of fused-ring (bicyclic) bond motifs is 1. The minimum absolute atomic E-state index is 0.301. The van der Waals surface area contributed by atoms with Crippen LogP contribution in [0.2, 0.25) is 0 Å². The van der Waals surface area contributed by atoms with Crippen molar-refractivity contribution in [3.05, 3.63) is 36.1 Å². The summed E-state index contributed by atoms with van der Waals surface area (Å²) < 4.78 is 5.74. The van der Waals surface area contributed by atoms with Crippen LogP contribution in [-0.4, -0.2) is 35.8 Å². The molecule has 1 saturated heterocycles. The second kappa shape index (κ2) is 6.58. The Morgan fingerprint density at radius 3 is 2.80 bits per heavy atom. The first-order valence-electron chi connectivity index (χ1n) is 8.35. The summed E-state index contributed by atoms with van der Waals surface area (Å²) in [6, 6.07) is 8.50. The van der Waals surface area contributed by atoms with Gasteiger partial charge in [-0.25, -0.2) is 4.79 Å². The first kappa shape index (κ1) is 17.0. The zero-order valence-corrected chi connectivity index (χ0v) is 14.3. The zero-order chi connectivity index (χ0) is 18.0. The molecule has 1 atom stereocenters. The average molecular weight is 343 g/mol. The van der Waals surface area contributed by atoms with Crippen molar-refractivity contribution >= 4 is 28.8 Å². The molecule has 7 nitrogen and oxygen atoms in total. The molecule has 1 aliphatic rings. The molecule has 2 aromatic rings. The number of para-hydroxylation sites is 1. The zero-order valence-electron chi connectivity index (χ0n) is 14.3. The highest BCUT2D eigenvalue weighted by molar-refractivity contribution is 6.09. The number of nitrogens with zero attached hydrogens (tertiary/aromatic N) is 1. The van der Waals surface area contributed by atoms with E-state index in [9.17, 15) is 14.4 Å². The molecule has 1 fully saturated rings. The molecule has 25 heavy (non-hydrogen) atoms. The van der Waals surface area contributed by atoms with E-state index in [1.165, 1.54) is 0 Å². The Labute approximate surface area is 145 Å². The van der Waals surface area contributed by atoms with Crippen LogP contribution in [0, 0.1) is 0 Å². The number of nitrogens with one attached hydrogen (secondary N) is 2. The fourth-order valence-electron chi connectivity index (χ4n) is 2.84. The third-order valence-electron chi connectivity index (χ3n) is 4.35. The lowest BCUT2D eigenvalue weighted by Crippen LogP contribution is -2.43. The van der Waals surface area contributed by atoms with E-state index in [0.29, 0.717) is 17.9 Å². The second-order valence-corrected chi connectivity index (χ2v) is 6.30. The van der Waals surface area contributed by atoms with Crippen LogP contribution in [0.4, 0.5) is 4.79 Å². The predicted molar refractivity (Wildman–Crippen MR) is 91.7 cm³/mol. The molecule has 2 N–H and O–H groups in total. The molecule has 0 radical (unpaired) electrons. The third-order valence-corrected chi connectivity index (χ3v) is 4.35. The monoisotopic (exact) mass is 343 g/mol. The molecule has 0 spiro atoms. The molecule has 1 unspecified atom stereocenters. The van der Waals surface area contributed by atoms with Gasteiger partial charge in [0, 0.05) is 11.9 Å². The van der Waals surface area contributed by atoms with E-state index in [1.807, 2.05) is 25.1 Å². The van der Waals surface area contributed by atoms with Gasteiger partial charge in [0.15, 0.2) is 5.54 Å². The van der Waals surface area contributed by atoms with Crippen molar-refractivity contribution in [2.75, 3.05) is 13.1 Å². The van der Waals surface area contributed by atoms with Crippen molar-refractivity contribution in [2.45, 2.75) is 32.2 Å².